The molecule has 0 bridgehead atoms. The Morgan fingerprint density at radius 3 is 2.73 bits per heavy atom. The smallest absolute Gasteiger partial charge is 0.309 e. The van der Waals surface area contributed by atoms with Crippen molar-refractivity contribution in [2.45, 2.75) is 71.8 Å². The summed E-state index contributed by atoms with van der Waals surface area (Å²) in [5.41, 5.74) is 8.16. The van der Waals surface area contributed by atoms with E-state index in [1.807, 2.05) is 30.0 Å². The van der Waals surface area contributed by atoms with Crippen LogP contribution in [-0.4, -0.2) is 77.5 Å². The molecule has 0 spiro atoms. The quantitative estimate of drug-likeness (QED) is 0.356. The fourth-order valence-corrected chi connectivity index (χ4v) is 7.03. The number of nitrogens with zero attached hydrogens (tertiary/aromatic N) is 4. The van der Waals surface area contributed by atoms with Gasteiger partial charge < -0.3 is 24.2 Å². The third kappa shape index (κ3) is 6.60. The Morgan fingerprint density at radius 2 is 1.93 bits per heavy atom. The number of carboxylic acid groups (broad SMARTS) is 1. The molecule has 3 aromatic rings. The van der Waals surface area contributed by atoms with Crippen molar-refractivity contribution in [3.8, 4) is 17.0 Å². The van der Waals surface area contributed by atoms with Crippen LogP contribution < -0.4 is 9.64 Å². The number of para-hydroxylation sites is 1. The first-order valence-corrected chi connectivity index (χ1v) is 16.0. The van der Waals surface area contributed by atoms with Crippen molar-refractivity contribution in [2.75, 3.05) is 44.4 Å². The highest BCUT2D eigenvalue weighted by atomic mass is 16.5. The highest BCUT2D eigenvalue weighted by Gasteiger charge is 2.35. The normalized spacial score (nSPS) is 21.2. The second-order valence-electron chi connectivity index (χ2n) is 12.3. The molecule has 6 rings (SSSR count). The van der Waals surface area contributed by atoms with Crippen LogP contribution in [0.5, 0.6) is 5.75 Å². The third-order valence-electron chi connectivity index (χ3n) is 9.42. The molecule has 2 aromatic carbocycles. The molecule has 2 atom stereocenters. The van der Waals surface area contributed by atoms with Crippen molar-refractivity contribution < 1.29 is 24.1 Å². The average Bonchev–Trinajstić information content (AvgIpc) is 3.04. The number of piperidine rings is 1. The molecule has 0 radical (unpaired) electrons. The van der Waals surface area contributed by atoms with Crippen LogP contribution in [-0.2, 0) is 33.8 Å². The lowest BCUT2D eigenvalue weighted by Crippen LogP contribution is -2.48. The van der Waals surface area contributed by atoms with Gasteiger partial charge in [-0.25, -0.2) is 9.97 Å². The van der Waals surface area contributed by atoms with Gasteiger partial charge in [-0.2, -0.15) is 0 Å². The Bertz CT molecular complexity index is 1470. The second-order valence-corrected chi connectivity index (χ2v) is 12.3. The lowest BCUT2D eigenvalue weighted by Gasteiger charge is -2.38. The Balaban J connectivity index is 1.18. The SMILES string of the molecule is CCO[C@@H]1CN(c2nccc(-c3cccc(C)c3OCc3cc(C)c4c(c3)CCN(C3CCOCC3)C4)n2)CC[C@@H]1C(=O)O. The number of aryl methyl sites for hydroxylation is 2. The van der Waals surface area contributed by atoms with Gasteiger partial charge in [0.05, 0.1) is 17.7 Å². The summed E-state index contributed by atoms with van der Waals surface area (Å²) in [5, 5.41) is 9.66. The number of anilines is 1. The molecule has 0 amide bonds. The molecule has 1 aromatic heterocycles. The predicted molar refractivity (Wildman–Crippen MR) is 169 cm³/mol. The van der Waals surface area contributed by atoms with Gasteiger partial charge in [0, 0.05) is 63.8 Å². The monoisotopic (exact) mass is 600 g/mol. The number of benzene rings is 2. The summed E-state index contributed by atoms with van der Waals surface area (Å²) in [7, 11) is 0. The number of rotatable bonds is 9. The van der Waals surface area contributed by atoms with Crippen molar-refractivity contribution in [2.24, 2.45) is 5.92 Å². The summed E-state index contributed by atoms with van der Waals surface area (Å²) in [5.74, 6) is 0.0494. The lowest BCUT2D eigenvalue weighted by molar-refractivity contribution is -0.148. The van der Waals surface area contributed by atoms with Crippen LogP contribution in [0.3, 0.4) is 0 Å². The van der Waals surface area contributed by atoms with E-state index in [-0.39, 0.29) is 0 Å². The molecular formula is C35H44N4O5. The topological polar surface area (TPSA) is 97.3 Å². The Kier molecular flexibility index (Phi) is 9.44. The predicted octanol–water partition coefficient (Wildman–Crippen LogP) is 5.19. The van der Waals surface area contributed by atoms with Crippen LogP contribution in [0.25, 0.3) is 11.3 Å². The van der Waals surface area contributed by atoms with Crippen molar-refractivity contribution in [3.05, 3.63) is 70.4 Å². The van der Waals surface area contributed by atoms with E-state index in [4.69, 9.17) is 19.2 Å². The zero-order valence-corrected chi connectivity index (χ0v) is 26.1. The minimum absolute atomic E-state index is 0.402. The molecule has 1 N–H and O–H groups in total. The van der Waals surface area contributed by atoms with Gasteiger partial charge in [0.1, 0.15) is 12.4 Å². The van der Waals surface area contributed by atoms with Gasteiger partial charge in [-0.15, -0.1) is 0 Å². The Morgan fingerprint density at radius 1 is 1.09 bits per heavy atom. The van der Waals surface area contributed by atoms with Crippen molar-refractivity contribution in [1.29, 1.82) is 0 Å². The third-order valence-corrected chi connectivity index (χ3v) is 9.42. The minimum Gasteiger partial charge on any atom is -0.488 e. The van der Waals surface area contributed by atoms with Crippen LogP contribution in [0.1, 0.15) is 54.0 Å². The van der Waals surface area contributed by atoms with E-state index in [0.717, 1.165) is 68.1 Å². The molecule has 9 nitrogen and oxygen atoms in total. The number of ether oxygens (including phenoxy) is 3. The summed E-state index contributed by atoms with van der Waals surface area (Å²) in [6.07, 6.45) is 5.17. The number of carboxylic acids is 1. The van der Waals surface area contributed by atoms with Gasteiger partial charge in [-0.3, -0.25) is 9.69 Å². The van der Waals surface area contributed by atoms with Gasteiger partial charge in [0.2, 0.25) is 5.95 Å². The van der Waals surface area contributed by atoms with Crippen molar-refractivity contribution in [1.82, 2.24) is 14.9 Å². The maximum absolute atomic E-state index is 11.8. The van der Waals surface area contributed by atoms with E-state index in [1.54, 1.807) is 6.20 Å². The molecule has 0 saturated carbocycles. The fraction of sp³-hybridized carbons (Fsp3) is 0.514. The minimum atomic E-state index is -0.814. The van der Waals surface area contributed by atoms with Crippen LogP contribution in [0.2, 0.25) is 0 Å². The second kappa shape index (κ2) is 13.6. The molecule has 44 heavy (non-hydrogen) atoms. The first-order chi connectivity index (χ1) is 21.4. The molecule has 9 heteroatoms. The number of hydrogen-bond acceptors (Lipinski definition) is 8. The first-order valence-electron chi connectivity index (χ1n) is 16.0. The van der Waals surface area contributed by atoms with E-state index in [0.29, 0.717) is 44.7 Å². The van der Waals surface area contributed by atoms with Crippen molar-refractivity contribution >= 4 is 11.9 Å². The van der Waals surface area contributed by atoms with E-state index >= 15 is 0 Å². The molecule has 4 heterocycles. The number of aliphatic carboxylic acids is 1. The van der Waals surface area contributed by atoms with E-state index < -0.39 is 18.0 Å². The van der Waals surface area contributed by atoms with E-state index in [1.165, 1.54) is 22.3 Å². The summed E-state index contributed by atoms with van der Waals surface area (Å²) in [6.45, 7) is 12.0. The van der Waals surface area contributed by atoms with Gasteiger partial charge in [-0.1, -0.05) is 24.3 Å². The van der Waals surface area contributed by atoms with Gasteiger partial charge in [0.25, 0.3) is 0 Å². The van der Waals surface area contributed by atoms with E-state index in [9.17, 15) is 9.90 Å². The number of aromatic nitrogens is 2. The van der Waals surface area contributed by atoms with Gasteiger partial charge in [0.15, 0.2) is 0 Å². The van der Waals surface area contributed by atoms with Crippen LogP contribution in [0.4, 0.5) is 5.95 Å². The van der Waals surface area contributed by atoms with Crippen LogP contribution >= 0.6 is 0 Å². The zero-order chi connectivity index (χ0) is 30.6. The summed E-state index contributed by atoms with van der Waals surface area (Å²) < 4.78 is 18.0. The van der Waals surface area contributed by atoms with Crippen LogP contribution in [0.15, 0.2) is 42.6 Å². The maximum atomic E-state index is 11.8. The molecule has 3 aliphatic heterocycles. The van der Waals surface area contributed by atoms with Crippen LogP contribution in [0, 0.1) is 19.8 Å². The Labute approximate surface area is 260 Å². The first kappa shape index (κ1) is 30.5. The van der Waals surface area contributed by atoms with Crippen molar-refractivity contribution in [3.63, 3.8) is 0 Å². The largest absolute Gasteiger partial charge is 0.488 e. The molecule has 3 aliphatic rings. The highest BCUT2D eigenvalue weighted by molar-refractivity contribution is 5.72. The molecular weight excluding hydrogens is 556 g/mol. The van der Waals surface area contributed by atoms with Gasteiger partial charge >= 0.3 is 5.97 Å². The summed E-state index contributed by atoms with van der Waals surface area (Å²) >= 11 is 0. The highest BCUT2D eigenvalue weighted by Crippen LogP contribution is 2.35. The van der Waals surface area contributed by atoms with Gasteiger partial charge in [-0.05, 0) is 86.4 Å². The molecule has 0 unspecified atom stereocenters. The number of hydrogen-bond donors (Lipinski definition) is 1. The average molecular weight is 601 g/mol. The summed E-state index contributed by atoms with van der Waals surface area (Å²) in [4.78, 5) is 25.9. The molecule has 2 fully saturated rings. The fourth-order valence-electron chi connectivity index (χ4n) is 7.03. The van der Waals surface area contributed by atoms with E-state index in [2.05, 4.69) is 41.9 Å². The number of fused-ring (bicyclic) bond motifs is 1. The molecule has 2 saturated heterocycles. The zero-order valence-electron chi connectivity index (χ0n) is 26.1. The molecule has 0 aliphatic carbocycles. The maximum Gasteiger partial charge on any atom is 0.309 e. The number of carbonyl (C=O) groups is 1. The standard InChI is InChI=1S/C35H44N4O5/c1-4-43-32-21-39(15-10-29(32)34(40)41)35-36-13-8-31(37-35)28-7-5-6-23(2)33(28)44-22-25-18-24(3)30-20-38(14-9-26(30)19-25)27-11-16-42-17-12-27/h5-8,13,18-19,27,29,32H,4,9-12,14-17,20-22H2,1-3H3,(H,40,41)/t29-,32+/m0/s1. The lowest BCUT2D eigenvalue weighted by atomic mass is 9.91. The Hall–Kier alpha value is -3.53. The molecule has 234 valence electrons. The summed E-state index contributed by atoms with van der Waals surface area (Å²) in [6, 6.07) is 13.3.